The normalized spacial score (nSPS) is 24.8. The second-order valence-electron chi connectivity index (χ2n) is 5.25. The van der Waals surface area contributed by atoms with E-state index in [1.54, 1.807) is 0 Å². The van der Waals surface area contributed by atoms with Crippen LogP contribution in [0.5, 0.6) is 0 Å². The Morgan fingerprint density at radius 1 is 1.57 bits per heavy atom. The van der Waals surface area contributed by atoms with Crippen molar-refractivity contribution in [3.05, 3.63) is 0 Å². The van der Waals surface area contributed by atoms with Gasteiger partial charge in [0.05, 0.1) is 13.0 Å². The minimum atomic E-state index is -0.109. The van der Waals surface area contributed by atoms with E-state index < -0.39 is 0 Å². The SMILES string of the molecule is CC(C)(CN)CN1OC2(CC2)CC1=O. The zero-order chi connectivity index (χ0) is 10.4. The maximum Gasteiger partial charge on any atom is 0.249 e. The number of rotatable bonds is 3. The summed E-state index contributed by atoms with van der Waals surface area (Å²) in [5, 5.41) is 1.51. The molecule has 0 unspecified atom stereocenters. The smallest absolute Gasteiger partial charge is 0.249 e. The van der Waals surface area contributed by atoms with Gasteiger partial charge in [-0.05, 0) is 24.8 Å². The van der Waals surface area contributed by atoms with Gasteiger partial charge in [-0.1, -0.05) is 13.8 Å². The van der Waals surface area contributed by atoms with Crippen molar-refractivity contribution in [3.63, 3.8) is 0 Å². The molecule has 0 radical (unpaired) electrons. The van der Waals surface area contributed by atoms with Gasteiger partial charge >= 0.3 is 0 Å². The lowest BCUT2D eigenvalue weighted by molar-refractivity contribution is -0.185. The summed E-state index contributed by atoms with van der Waals surface area (Å²) in [6, 6.07) is 0. The standard InChI is InChI=1S/C10H18N2O2/c1-9(2,6-11)7-12-8(13)5-10(14-12)3-4-10/h3-7,11H2,1-2H3. The Bertz CT molecular complexity index is 259. The molecule has 0 bridgehead atoms. The van der Waals surface area contributed by atoms with Crippen molar-refractivity contribution in [1.29, 1.82) is 0 Å². The lowest BCUT2D eigenvalue weighted by Crippen LogP contribution is -2.39. The van der Waals surface area contributed by atoms with Gasteiger partial charge in [0.25, 0.3) is 0 Å². The Kier molecular flexibility index (Phi) is 2.08. The molecule has 1 spiro atoms. The number of hydroxylamine groups is 2. The minimum absolute atomic E-state index is 0.0594. The third-order valence-corrected chi connectivity index (χ3v) is 2.99. The molecule has 2 aliphatic rings. The minimum Gasteiger partial charge on any atom is -0.330 e. The van der Waals surface area contributed by atoms with Crippen molar-refractivity contribution in [3.8, 4) is 0 Å². The van der Waals surface area contributed by atoms with Crippen molar-refractivity contribution >= 4 is 5.91 Å². The molecular weight excluding hydrogens is 180 g/mol. The Hall–Kier alpha value is -0.610. The average Bonchev–Trinajstić information content (AvgIpc) is 2.76. The summed E-state index contributed by atoms with van der Waals surface area (Å²) in [5.74, 6) is 0.115. The van der Waals surface area contributed by atoms with Crippen LogP contribution < -0.4 is 5.73 Å². The Morgan fingerprint density at radius 2 is 2.21 bits per heavy atom. The Labute approximate surface area is 84.3 Å². The summed E-state index contributed by atoms with van der Waals surface area (Å²) in [5.41, 5.74) is 5.45. The number of carbonyl (C=O) groups is 1. The molecule has 0 aromatic carbocycles. The van der Waals surface area contributed by atoms with Crippen molar-refractivity contribution in [2.45, 2.75) is 38.7 Å². The molecule has 1 saturated heterocycles. The monoisotopic (exact) mass is 198 g/mol. The van der Waals surface area contributed by atoms with Crippen molar-refractivity contribution < 1.29 is 9.63 Å². The van der Waals surface area contributed by atoms with Crippen molar-refractivity contribution in [2.24, 2.45) is 11.1 Å². The highest BCUT2D eigenvalue weighted by atomic mass is 16.7. The van der Waals surface area contributed by atoms with E-state index in [9.17, 15) is 4.79 Å². The molecule has 1 aliphatic carbocycles. The second-order valence-corrected chi connectivity index (χ2v) is 5.25. The summed E-state index contributed by atoms with van der Waals surface area (Å²) in [7, 11) is 0. The van der Waals surface area contributed by atoms with Gasteiger partial charge in [-0.3, -0.25) is 9.63 Å². The highest BCUT2D eigenvalue weighted by molar-refractivity contribution is 5.78. The van der Waals surface area contributed by atoms with Crippen LogP contribution in [0.15, 0.2) is 0 Å². The first-order valence-electron chi connectivity index (χ1n) is 5.16. The molecule has 80 valence electrons. The van der Waals surface area contributed by atoms with E-state index in [2.05, 4.69) is 0 Å². The van der Waals surface area contributed by atoms with E-state index in [0.29, 0.717) is 19.5 Å². The van der Waals surface area contributed by atoms with Gasteiger partial charge in [-0.15, -0.1) is 0 Å². The van der Waals surface area contributed by atoms with E-state index in [1.165, 1.54) is 5.06 Å². The molecule has 1 aliphatic heterocycles. The van der Waals surface area contributed by atoms with E-state index >= 15 is 0 Å². The number of hydrogen-bond donors (Lipinski definition) is 1. The van der Waals surface area contributed by atoms with Crippen molar-refractivity contribution in [1.82, 2.24) is 5.06 Å². The van der Waals surface area contributed by atoms with Crippen LogP contribution in [-0.4, -0.2) is 29.7 Å². The first-order valence-corrected chi connectivity index (χ1v) is 5.16. The zero-order valence-corrected chi connectivity index (χ0v) is 8.88. The molecular formula is C10H18N2O2. The molecule has 1 saturated carbocycles. The van der Waals surface area contributed by atoms with Gasteiger partial charge in [0.2, 0.25) is 5.91 Å². The lowest BCUT2D eigenvalue weighted by Gasteiger charge is -2.27. The maximum atomic E-state index is 11.6. The van der Waals surface area contributed by atoms with E-state index in [1.807, 2.05) is 13.8 Å². The third kappa shape index (κ3) is 1.77. The first-order chi connectivity index (χ1) is 6.46. The lowest BCUT2D eigenvalue weighted by atomic mass is 9.94. The van der Waals surface area contributed by atoms with E-state index in [4.69, 9.17) is 10.6 Å². The number of nitrogens with two attached hydrogens (primary N) is 1. The molecule has 14 heavy (non-hydrogen) atoms. The maximum absolute atomic E-state index is 11.6. The highest BCUT2D eigenvalue weighted by Gasteiger charge is 2.54. The predicted molar refractivity (Wildman–Crippen MR) is 52.2 cm³/mol. The fourth-order valence-electron chi connectivity index (χ4n) is 1.66. The summed E-state index contributed by atoms with van der Waals surface area (Å²) < 4.78 is 0. The molecule has 2 fully saturated rings. The topological polar surface area (TPSA) is 55.6 Å². The Balaban J connectivity index is 1.96. The molecule has 2 N–H and O–H groups in total. The van der Waals surface area contributed by atoms with Crippen LogP contribution in [0.4, 0.5) is 0 Å². The summed E-state index contributed by atoms with van der Waals surface area (Å²) in [4.78, 5) is 17.2. The molecule has 2 rings (SSSR count). The summed E-state index contributed by atoms with van der Waals surface area (Å²) in [6.07, 6.45) is 2.62. The van der Waals surface area contributed by atoms with E-state index in [0.717, 1.165) is 12.8 Å². The highest BCUT2D eigenvalue weighted by Crippen LogP contribution is 2.48. The van der Waals surface area contributed by atoms with Crippen LogP contribution in [-0.2, 0) is 9.63 Å². The van der Waals surface area contributed by atoms with Crippen LogP contribution in [0.3, 0.4) is 0 Å². The van der Waals surface area contributed by atoms with Gasteiger partial charge < -0.3 is 5.73 Å². The first kappa shape index (κ1) is 9.93. The number of hydrogen-bond acceptors (Lipinski definition) is 3. The summed E-state index contributed by atoms with van der Waals surface area (Å²) >= 11 is 0. The van der Waals surface area contributed by atoms with Gasteiger partial charge in [-0.2, -0.15) is 0 Å². The van der Waals surface area contributed by atoms with Crippen LogP contribution >= 0.6 is 0 Å². The fraction of sp³-hybridized carbons (Fsp3) is 0.900. The van der Waals surface area contributed by atoms with Gasteiger partial charge in [0.1, 0.15) is 5.60 Å². The third-order valence-electron chi connectivity index (χ3n) is 2.99. The van der Waals surface area contributed by atoms with Crippen LogP contribution in [0.25, 0.3) is 0 Å². The molecule has 1 heterocycles. The molecule has 1 amide bonds. The van der Waals surface area contributed by atoms with Gasteiger partial charge in [0, 0.05) is 0 Å². The van der Waals surface area contributed by atoms with Gasteiger partial charge in [0.15, 0.2) is 0 Å². The molecule has 0 aromatic heterocycles. The van der Waals surface area contributed by atoms with Crippen LogP contribution in [0.2, 0.25) is 0 Å². The van der Waals surface area contributed by atoms with E-state index in [-0.39, 0.29) is 16.9 Å². The Morgan fingerprint density at radius 3 is 2.64 bits per heavy atom. The van der Waals surface area contributed by atoms with Crippen LogP contribution in [0, 0.1) is 5.41 Å². The number of nitrogens with zero attached hydrogens (tertiary/aromatic N) is 1. The molecule has 0 aromatic rings. The summed E-state index contributed by atoms with van der Waals surface area (Å²) in [6.45, 7) is 5.25. The molecule has 4 nitrogen and oxygen atoms in total. The molecule has 4 heteroatoms. The molecule has 0 atom stereocenters. The van der Waals surface area contributed by atoms with Crippen LogP contribution in [0.1, 0.15) is 33.1 Å². The van der Waals surface area contributed by atoms with Gasteiger partial charge in [-0.25, -0.2) is 5.06 Å². The second kappa shape index (κ2) is 2.94. The quantitative estimate of drug-likeness (QED) is 0.725. The number of carbonyl (C=O) groups excluding carboxylic acids is 1. The fourth-order valence-corrected chi connectivity index (χ4v) is 1.66. The average molecular weight is 198 g/mol. The van der Waals surface area contributed by atoms with Crippen molar-refractivity contribution in [2.75, 3.05) is 13.1 Å². The largest absolute Gasteiger partial charge is 0.330 e. The number of amides is 1. The predicted octanol–water partition coefficient (Wildman–Crippen LogP) is 0.668. The zero-order valence-electron chi connectivity index (χ0n) is 8.88.